The Labute approximate surface area is 193 Å². The number of benzene rings is 2. The van der Waals surface area contributed by atoms with Gasteiger partial charge in [0.1, 0.15) is 11.5 Å². The van der Waals surface area contributed by atoms with Crippen molar-refractivity contribution in [3.05, 3.63) is 52.6 Å². The number of aliphatic hydroxyl groups is 1. The van der Waals surface area contributed by atoms with Gasteiger partial charge in [-0.15, -0.1) is 0 Å². The van der Waals surface area contributed by atoms with E-state index in [0.29, 0.717) is 12.0 Å². The number of methoxy groups -OCH3 is 1. The Bertz CT molecular complexity index is 1110. The van der Waals surface area contributed by atoms with Crippen LogP contribution < -0.4 is 0 Å². The van der Waals surface area contributed by atoms with E-state index in [0.717, 1.165) is 12.3 Å². The monoisotopic (exact) mass is 479 g/mol. The van der Waals surface area contributed by atoms with Gasteiger partial charge >= 0.3 is 0 Å². The van der Waals surface area contributed by atoms with Crippen LogP contribution in [0.1, 0.15) is 34.0 Å². The Morgan fingerprint density at radius 1 is 1.03 bits per heavy atom. The van der Waals surface area contributed by atoms with E-state index in [1.807, 2.05) is 0 Å². The highest BCUT2D eigenvalue weighted by atomic mass is 32.2. The highest BCUT2D eigenvalue weighted by Crippen LogP contribution is 2.35. The van der Waals surface area contributed by atoms with Gasteiger partial charge in [-0.05, 0) is 41.8 Å². The number of ketones is 1. The van der Waals surface area contributed by atoms with Crippen LogP contribution in [0.4, 0.5) is 0 Å². The lowest BCUT2D eigenvalue weighted by Gasteiger charge is -2.23. The molecule has 10 heteroatoms. The van der Waals surface area contributed by atoms with Gasteiger partial charge in [-0.25, -0.2) is 8.42 Å². The minimum atomic E-state index is -3.46. The number of aliphatic hydroxyl groups excluding tert-OH is 1. The van der Waals surface area contributed by atoms with Gasteiger partial charge in [0.15, 0.2) is 15.6 Å². The van der Waals surface area contributed by atoms with Crippen molar-refractivity contribution in [2.24, 2.45) is 0 Å². The number of rotatable bonds is 11. The first-order chi connectivity index (χ1) is 15.5. The van der Waals surface area contributed by atoms with Crippen molar-refractivity contribution >= 4 is 21.5 Å². The molecule has 0 aliphatic carbocycles. The highest BCUT2D eigenvalue weighted by Gasteiger charge is 2.26. The van der Waals surface area contributed by atoms with Crippen LogP contribution in [0.5, 0.6) is 11.5 Å². The molecule has 0 heterocycles. The first-order valence-electron chi connectivity index (χ1n) is 10.3. The fraction of sp³-hybridized carbons (Fsp3) is 0.391. The van der Waals surface area contributed by atoms with E-state index in [1.54, 1.807) is 6.92 Å². The standard InChI is InChI=1S/C23H29NO8S/c1-4-17-18(13-21(28)24(9-11-25)10-12-32-2)22(20(27)14-19(17)26)23(29)15-5-7-16(8-6-15)33(3,30)31/h5-8,14,25-27H,4,9-13H2,1-3H3. The van der Waals surface area contributed by atoms with E-state index in [4.69, 9.17) is 4.74 Å². The summed E-state index contributed by atoms with van der Waals surface area (Å²) in [4.78, 5) is 27.7. The summed E-state index contributed by atoms with van der Waals surface area (Å²) in [6.07, 6.45) is 1.05. The average Bonchev–Trinajstić information content (AvgIpc) is 2.75. The van der Waals surface area contributed by atoms with Gasteiger partial charge in [0.25, 0.3) is 0 Å². The third-order valence-electron chi connectivity index (χ3n) is 5.25. The van der Waals surface area contributed by atoms with Crippen LogP contribution in [-0.4, -0.2) is 80.0 Å². The zero-order chi connectivity index (χ0) is 24.8. The third kappa shape index (κ3) is 6.31. The molecule has 2 aromatic carbocycles. The number of phenolic OH excluding ortho intramolecular Hbond substituents is 2. The van der Waals surface area contributed by atoms with Gasteiger partial charge < -0.3 is 25.0 Å². The topological polar surface area (TPSA) is 141 Å². The van der Waals surface area contributed by atoms with Gasteiger partial charge in [0.2, 0.25) is 5.91 Å². The molecule has 1 amide bonds. The lowest BCUT2D eigenvalue weighted by atomic mass is 9.89. The number of phenols is 2. The predicted octanol–water partition coefficient (Wildman–Crippen LogP) is 1.30. The second-order valence-corrected chi connectivity index (χ2v) is 9.52. The molecule has 0 saturated carbocycles. The molecule has 2 aromatic rings. The molecule has 0 unspecified atom stereocenters. The van der Waals surface area contributed by atoms with Crippen LogP contribution in [0.25, 0.3) is 0 Å². The molecule has 0 atom stereocenters. The van der Waals surface area contributed by atoms with Crippen molar-refractivity contribution in [2.75, 3.05) is 39.7 Å². The SMILES string of the molecule is CCc1c(O)cc(O)c(C(=O)c2ccc(S(C)(=O)=O)cc2)c1CC(=O)N(CCO)CCOC. The van der Waals surface area contributed by atoms with Crippen LogP contribution in [0.15, 0.2) is 35.2 Å². The van der Waals surface area contributed by atoms with Gasteiger partial charge in [-0.2, -0.15) is 0 Å². The van der Waals surface area contributed by atoms with Crippen LogP contribution >= 0.6 is 0 Å². The van der Waals surface area contributed by atoms with Gasteiger partial charge in [0.05, 0.1) is 30.1 Å². The van der Waals surface area contributed by atoms with Crippen LogP contribution in [0.3, 0.4) is 0 Å². The number of hydrogen-bond acceptors (Lipinski definition) is 8. The molecule has 3 N–H and O–H groups in total. The molecule has 0 saturated heterocycles. The Balaban J connectivity index is 2.54. The normalized spacial score (nSPS) is 11.4. The smallest absolute Gasteiger partial charge is 0.227 e. The summed E-state index contributed by atoms with van der Waals surface area (Å²) < 4.78 is 28.4. The molecule has 0 spiro atoms. The van der Waals surface area contributed by atoms with Crippen molar-refractivity contribution in [2.45, 2.75) is 24.7 Å². The quantitative estimate of drug-likeness (QED) is 0.410. The van der Waals surface area contributed by atoms with E-state index in [2.05, 4.69) is 0 Å². The molecule has 0 aliphatic heterocycles. The molecule has 0 radical (unpaired) electrons. The molecule has 0 fully saturated rings. The summed E-state index contributed by atoms with van der Waals surface area (Å²) in [6.45, 7) is 2.00. The predicted molar refractivity (Wildman–Crippen MR) is 121 cm³/mol. The molecule has 0 bridgehead atoms. The second-order valence-electron chi connectivity index (χ2n) is 7.50. The summed E-state index contributed by atoms with van der Waals surface area (Å²) in [5.41, 5.74) is 0.497. The van der Waals surface area contributed by atoms with Crippen molar-refractivity contribution in [1.82, 2.24) is 4.90 Å². The summed E-state index contributed by atoms with van der Waals surface area (Å²) in [6, 6.07) is 6.30. The number of aromatic hydroxyl groups is 2. The van der Waals surface area contributed by atoms with Crippen LogP contribution in [0, 0.1) is 0 Å². The minimum absolute atomic E-state index is 0.0383. The summed E-state index contributed by atoms with van der Waals surface area (Å²) in [5.74, 6) is -1.76. The minimum Gasteiger partial charge on any atom is -0.508 e. The maximum atomic E-state index is 13.3. The lowest BCUT2D eigenvalue weighted by Crippen LogP contribution is -2.37. The van der Waals surface area contributed by atoms with Gasteiger partial charge in [0, 0.05) is 38.1 Å². The van der Waals surface area contributed by atoms with Crippen LogP contribution in [0.2, 0.25) is 0 Å². The van der Waals surface area contributed by atoms with E-state index in [-0.39, 0.29) is 60.1 Å². The maximum absolute atomic E-state index is 13.3. The van der Waals surface area contributed by atoms with E-state index in [1.165, 1.54) is 36.3 Å². The van der Waals surface area contributed by atoms with Gasteiger partial charge in [-0.3, -0.25) is 9.59 Å². The highest BCUT2D eigenvalue weighted by molar-refractivity contribution is 7.90. The molecule has 33 heavy (non-hydrogen) atoms. The number of carbonyl (C=O) groups is 2. The van der Waals surface area contributed by atoms with E-state index in [9.17, 15) is 33.3 Å². The van der Waals surface area contributed by atoms with Crippen molar-refractivity contribution < 1.29 is 38.1 Å². The Morgan fingerprint density at radius 2 is 1.67 bits per heavy atom. The number of carbonyl (C=O) groups excluding carboxylic acids is 2. The van der Waals surface area contributed by atoms with Crippen molar-refractivity contribution in [1.29, 1.82) is 0 Å². The Morgan fingerprint density at radius 3 is 2.18 bits per heavy atom. The number of hydrogen-bond donors (Lipinski definition) is 3. The fourth-order valence-corrected chi connectivity index (χ4v) is 4.17. The zero-order valence-electron chi connectivity index (χ0n) is 18.9. The summed E-state index contributed by atoms with van der Waals surface area (Å²) in [5, 5.41) is 30.2. The fourth-order valence-electron chi connectivity index (χ4n) is 3.54. The molecular weight excluding hydrogens is 450 g/mol. The molecule has 180 valence electrons. The van der Waals surface area contributed by atoms with E-state index >= 15 is 0 Å². The molecule has 0 aromatic heterocycles. The third-order valence-corrected chi connectivity index (χ3v) is 6.37. The molecule has 9 nitrogen and oxygen atoms in total. The summed E-state index contributed by atoms with van der Waals surface area (Å²) in [7, 11) is -1.97. The average molecular weight is 480 g/mol. The second kappa shape index (κ2) is 11.3. The van der Waals surface area contributed by atoms with E-state index < -0.39 is 27.3 Å². The number of nitrogens with zero attached hydrogens (tertiary/aromatic N) is 1. The molecule has 2 rings (SSSR count). The number of amides is 1. The van der Waals surface area contributed by atoms with Gasteiger partial charge in [-0.1, -0.05) is 6.92 Å². The largest absolute Gasteiger partial charge is 0.508 e. The summed E-state index contributed by atoms with van der Waals surface area (Å²) >= 11 is 0. The number of sulfone groups is 1. The van der Waals surface area contributed by atoms with Crippen molar-refractivity contribution in [3.63, 3.8) is 0 Å². The zero-order valence-corrected chi connectivity index (χ0v) is 19.7. The maximum Gasteiger partial charge on any atom is 0.227 e. The molecular formula is C23H29NO8S. The van der Waals surface area contributed by atoms with Crippen molar-refractivity contribution in [3.8, 4) is 11.5 Å². The molecule has 0 aliphatic rings. The first kappa shape index (κ1) is 26.3. The number of ether oxygens (including phenoxy) is 1. The lowest BCUT2D eigenvalue weighted by molar-refractivity contribution is -0.131. The first-order valence-corrected chi connectivity index (χ1v) is 12.2. The van der Waals surface area contributed by atoms with Crippen LogP contribution in [-0.2, 0) is 32.2 Å². The Kier molecular flexibility index (Phi) is 8.98. The Hall–Kier alpha value is -2.95.